The minimum Gasteiger partial charge on any atom is -0.496 e. The van der Waals surface area contributed by atoms with Crippen molar-refractivity contribution < 1.29 is 9.47 Å². The van der Waals surface area contributed by atoms with E-state index in [0.717, 1.165) is 18.6 Å². The summed E-state index contributed by atoms with van der Waals surface area (Å²) in [5.41, 5.74) is 1.16. The summed E-state index contributed by atoms with van der Waals surface area (Å²) < 4.78 is 10.9. The van der Waals surface area contributed by atoms with Gasteiger partial charge in [0, 0.05) is 19.2 Å². The van der Waals surface area contributed by atoms with E-state index in [-0.39, 0.29) is 5.60 Å². The maximum atomic E-state index is 5.48. The Hall–Kier alpha value is -1.06. The van der Waals surface area contributed by atoms with Gasteiger partial charge in [0.2, 0.25) is 0 Å². The predicted octanol–water partition coefficient (Wildman–Crippen LogP) is 3.42. The van der Waals surface area contributed by atoms with Crippen LogP contribution < -0.4 is 10.1 Å². The number of benzene rings is 1. The first-order valence-electron chi connectivity index (χ1n) is 7.31. The van der Waals surface area contributed by atoms with E-state index < -0.39 is 0 Å². The number of ether oxygens (including phenoxy) is 2. The van der Waals surface area contributed by atoms with Crippen LogP contribution in [0, 0.1) is 0 Å². The molecule has 1 N–H and O–H groups in total. The van der Waals surface area contributed by atoms with Crippen LogP contribution >= 0.6 is 0 Å². The van der Waals surface area contributed by atoms with Crippen molar-refractivity contribution in [1.82, 2.24) is 5.32 Å². The summed E-state index contributed by atoms with van der Waals surface area (Å²) in [6, 6.07) is 9.01. The molecule has 1 rings (SSSR count). The van der Waals surface area contributed by atoms with Gasteiger partial charge in [-0.25, -0.2) is 0 Å². The lowest BCUT2D eigenvalue weighted by molar-refractivity contribution is 0.00785. The second-order valence-electron chi connectivity index (χ2n) is 6.15. The fourth-order valence-electron chi connectivity index (χ4n) is 2.63. The number of methoxy groups -OCH3 is 2. The fraction of sp³-hybridized carbons (Fsp3) is 0.647. The van der Waals surface area contributed by atoms with Crippen LogP contribution in [-0.2, 0) is 11.2 Å². The van der Waals surface area contributed by atoms with E-state index >= 15 is 0 Å². The van der Waals surface area contributed by atoms with Gasteiger partial charge in [-0.2, -0.15) is 0 Å². The highest BCUT2D eigenvalue weighted by Gasteiger charge is 2.21. The minimum absolute atomic E-state index is 0.0867. The first kappa shape index (κ1) is 17.0. The van der Waals surface area contributed by atoms with Gasteiger partial charge in [-0.05, 0) is 52.2 Å². The maximum absolute atomic E-state index is 5.48. The zero-order chi connectivity index (χ0) is 15.2. The molecule has 0 spiro atoms. The highest BCUT2D eigenvalue weighted by atomic mass is 16.5. The number of nitrogens with one attached hydrogen (secondary N) is 1. The molecule has 0 fully saturated rings. The van der Waals surface area contributed by atoms with Crippen LogP contribution in [0.25, 0.3) is 0 Å². The average molecular weight is 279 g/mol. The fourth-order valence-corrected chi connectivity index (χ4v) is 2.63. The largest absolute Gasteiger partial charge is 0.496 e. The van der Waals surface area contributed by atoms with Crippen molar-refractivity contribution in [2.75, 3.05) is 14.2 Å². The summed E-state index contributed by atoms with van der Waals surface area (Å²) in [4.78, 5) is 0. The molecule has 0 amide bonds. The Bertz CT molecular complexity index is 404. The van der Waals surface area contributed by atoms with Gasteiger partial charge in [0.1, 0.15) is 5.75 Å². The molecule has 0 saturated heterocycles. The summed E-state index contributed by atoms with van der Waals surface area (Å²) in [6.07, 6.45) is 1.95. The van der Waals surface area contributed by atoms with Gasteiger partial charge in [0.15, 0.2) is 0 Å². The SMILES string of the molecule is COc1ccccc1CC(C)NC(C)CC(C)(C)OC. The number of hydrogen-bond acceptors (Lipinski definition) is 3. The van der Waals surface area contributed by atoms with Crippen molar-refractivity contribution in [3.63, 3.8) is 0 Å². The van der Waals surface area contributed by atoms with Crippen LogP contribution in [0.4, 0.5) is 0 Å². The van der Waals surface area contributed by atoms with Gasteiger partial charge in [-0.1, -0.05) is 18.2 Å². The van der Waals surface area contributed by atoms with E-state index in [1.54, 1.807) is 14.2 Å². The van der Waals surface area contributed by atoms with Crippen molar-refractivity contribution >= 4 is 0 Å². The molecule has 114 valence electrons. The van der Waals surface area contributed by atoms with Gasteiger partial charge in [-0.15, -0.1) is 0 Å². The lowest BCUT2D eigenvalue weighted by atomic mass is 9.98. The first-order chi connectivity index (χ1) is 9.38. The molecule has 1 aromatic carbocycles. The number of hydrogen-bond donors (Lipinski definition) is 1. The lowest BCUT2D eigenvalue weighted by Gasteiger charge is -2.29. The van der Waals surface area contributed by atoms with Crippen molar-refractivity contribution in [1.29, 1.82) is 0 Å². The molecule has 3 nitrogen and oxygen atoms in total. The van der Waals surface area contributed by atoms with Gasteiger partial charge < -0.3 is 14.8 Å². The van der Waals surface area contributed by atoms with Gasteiger partial charge >= 0.3 is 0 Å². The monoisotopic (exact) mass is 279 g/mol. The normalized spacial score (nSPS) is 14.9. The number of para-hydroxylation sites is 1. The predicted molar refractivity (Wildman–Crippen MR) is 84.5 cm³/mol. The Morgan fingerprint density at radius 2 is 1.75 bits per heavy atom. The third-order valence-electron chi connectivity index (χ3n) is 3.64. The molecule has 1 aromatic rings. The van der Waals surface area contributed by atoms with E-state index in [1.807, 2.05) is 12.1 Å². The molecule has 0 aromatic heterocycles. The van der Waals surface area contributed by atoms with E-state index in [0.29, 0.717) is 12.1 Å². The van der Waals surface area contributed by atoms with E-state index in [4.69, 9.17) is 9.47 Å². The van der Waals surface area contributed by atoms with E-state index in [9.17, 15) is 0 Å². The Labute approximate surface area is 123 Å². The van der Waals surface area contributed by atoms with Gasteiger partial charge in [-0.3, -0.25) is 0 Å². The molecular weight excluding hydrogens is 250 g/mol. The highest BCUT2D eigenvalue weighted by molar-refractivity contribution is 5.33. The zero-order valence-electron chi connectivity index (χ0n) is 13.7. The second-order valence-corrected chi connectivity index (χ2v) is 6.15. The summed E-state index contributed by atoms with van der Waals surface area (Å²) in [7, 11) is 3.49. The molecule has 2 atom stereocenters. The molecule has 0 radical (unpaired) electrons. The number of rotatable bonds is 8. The second kappa shape index (κ2) is 7.65. The summed E-state index contributed by atoms with van der Waals surface area (Å²) in [6.45, 7) is 8.66. The van der Waals surface area contributed by atoms with Crippen molar-refractivity contribution in [3.05, 3.63) is 29.8 Å². The van der Waals surface area contributed by atoms with Gasteiger partial charge in [0.05, 0.1) is 12.7 Å². The van der Waals surface area contributed by atoms with E-state index in [1.165, 1.54) is 5.56 Å². The van der Waals surface area contributed by atoms with Crippen molar-refractivity contribution in [2.45, 2.75) is 58.2 Å². The Morgan fingerprint density at radius 1 is 1.10 bits per heavy atom. The molecule has 0 aliphatic heterocycles. The smallest absolute Gasteiger partial charge is 0.122 e. The first-order valence-corrected chi connectivity index (χ1v) is 7.31. The maximum Gasteiger partial charge on any atom is 0.122 e. The molecule has 3 heteroatoms. The third kappa shape index (κ3) is 5.51. The van der Waals surface area contributed by atoms with Crippen molar-refractivity contribution in [3.8, 4) is 5.75 Å². The van der Waals surface area contributed by atoms with Gasteiger partial charge in [0.25, 0.3) is 0 Å². The van der Waals surface area contributed by atoms with Crippen molar-refractivity contribution in [2.24, 2.45) is 0 Å². The van der Waals surface area contributed by atoms with Crippen LogP contribution in [0.5, 0.6) is 5.75 Å². The van der Waals surface area contributed by atoms with Crippen LogP contribution in [0.2, 0.25) is 0 Å². The molecule has 2 unspecified atom stereocenters. The standard InChI is InChI=1S/C17H29NO2/c1-13(18-14(2)12-17(3,4)20-6)11-15-9-7-8-10-16(15)19-5/h7-10,13-14,18H,11-12H2,1-6H3. The Kier molecular flexibility index (Phi) is 6.50. The molecule has 20 heavy (non-hydrogen) atoms. The van der Waals surface area contributed by atoms with Crippen LogP contribution in [-0.4, -0.2) is 31.9 Å². The molecule has 0 heterocycles. The molecule has 0 bridgehead atoms. The molecule has 0 saturated carbocycles. The molecule has 0 aliphatic carbocycles. The quantitative estimate of drug-likeness (QED) is 0.791. The summed E-state index contributed by atoms with van der Waals surface area (Å²) in [5, 5.41) is 3.63. The third-order valence-corrected chi connectivity index (χ3v) is 3.64. The summed E-state index contributed by atoms with van der Waals surface area (Å²) >= 11 is 0. The minimum atomic E-state index is -0.0867. The Morgan fingerprint density at radius 3 is 2.35 bits per heavy atom. The average Bonchev–Trinajstić information content (AvgIpc) is 2.38. The highest BCUT2D eigenvalue weighted by Crippen LogP contribution is 2.20. The van der Waals surface area contributed by atoms with Crippen LogP contribution in [0.3, 0.4) is 0 Å². The molecule has 0 aliphatic rings. The Balaban J connectivity index is 2.53. The van der Waals surface area contributed by atoms with Crippen LogP contribution in [0.15, 0.2) is 24.3 Å². The summed E-state index contributed by atoms with van der Waals surface area (Å²) in [5.74, 6) is 0.964. The molecular formula is C17H29NO2. The van der Waals surface area contributed by atoms with Crippen LogP contribution in [0.1, 0.15) is 39.7 Å². The zero-order valence-corrected chi connectivity index (χ0v) is 13.7. The lowest BCUT2D eigenvalue weighted by Crippen LogP contribution is -2.40. The van der Waals surface area contributed by atoms with E-state index in [2.05, 4.69) is 45.1 Å². The topological polar surface area (TPSA) is 30.5 Å².